The molecule has 0 spiro atoms. The first-order chi connectivity index (χ1) is 11.1. The van der Waals surface area contributed by atoms with Crippen LogP contribution in [0.3, 0.4) is 0 Å². The lowest BCUT2D eigenvalue weighted by Crippen LogP contribution is -2.48. The van der Waals surface area contributed by atoms with Crippen LogP contribution in [-0.4, -0.2) is 92.0 Å². The molecule has 3 rings (SSSR count). The van der Waals surface area contributed by atoms with Crippen molar-refractivity contribution in [3.8, 4) is 0 Å². The van der Waals surface area contributed by atoms with E-state index in [4.69, 9.17) is 9.47 Å². The van der Waals surface area contributed by atoms with E-state index in [-0.39, 0.29) is 6.09 Å². The quantitative estimate of drug-likeness (QED) is 0.761. The standard InChI is InChI=1S/C17H31N3O3/c1-14-11-19(12-15(2)23-14)13-16-3-5-18(6-4-16)7-8-20-9-10-22-17(20)21/h14-16H,3-13H2,1-2H3/t14-,15+. The van der Waals surface area contributed by atoms with Crippen molar-refractivity contribution in [3.63, 3.8) is 0 Å². The molecule has 3 heterocycles. The molecular formula is C17H31N3O3. The highest BCUT2D eigenvalue weighted by Crippen LogP contribution is 2.21. The van der Waals surface area contributed by atoms with E-state index < -0.39 is 0 Å². The molecule has 3 saturated heterocycles. The van der Waals surface area contributed by atoms with Crippen LogP contribution in [0, 0.1) is 5.92 Å². The van der Waals surface area contributed by atoms with Crippen molar-refractivity contribution in [2.75, 3.05) is 59.0 Å². The predicted octanol–water partition coefficient (Wildman–Crippen LogP) is 1.26. The maximum atomic E-state index is 11.4. The summed E-state index contributed by atoms with van der Waals surface area (Å²) in [6.07, 6.45) is 3.11. The van der Waals surface area contributed by atoms with Crippen LogP contribution in [0.15, 0.2) is 0 Å². The normalized spacial score (nSPS) is 31.6. The first-order valence-electron chi connectivity index (χ1n) is 9.12. The van der Waals surface area contributed by atoms with Gasteiger partial charge in [-0.2, -0.15) is 0 Å². The molecule has 2 atom stereocenters. The zero-order valence-electron chi connectivity index (χ0n) is 14.6. The van der Waals surface area contributed by atoms with Gasteiger partial charge in [0, 0.05) is 32.7 Å². The summed E-state index contributed by atoms with van der Waals surface area (Å²) in [5.74, 6) is 0.806. The SMILES string of the molecule is C[C@@H]1CN(CC2CCN(CCN3CCOC3=O)CC2)C[C@H](C)O1. The number of likely N-dealkylation sites (tertiary alicyclic amines) is 1. The van der Waals surface area contributed by atoms with Crippen molar-refractivity contribution in [3.05, 3.63) is 0 Å². The van der Waals surface area contributed by atoms with E-state index in [2.05, 4.69) is 23.6 Å². The number of ether oxygens (including phenoxy) is 2. The summed E-state index contributed by atoms with van der Waals surface area (Å²) in [7, 11) is 0. The Morgan fingerprint density at radius 3 is 2.30 bits per heavy atom. The molecule has 0 radical (unpaired) electrons. The Balaban J connectivity index is 1.34. The molecule has 0 N–H and O–H groups in total. The van der Waals surface area contributed by atoms with Gasteiger partial charge in [-0.25, -0.2) is 4.79 Å². The highest BCUT2D eigenvalue weighted by Gasteiger charge is 2.27. The number of piperidine rings is 1. The summed E-state index contributed by atoms with van der Waals surface area (Å²) in [5.41, 5.74) is 0. The van der Waals surface area contributed by atoms with Gasteiger partial charge in [0.25, 0.3) is 0 Å². The third-order valence-corrected chi connectivity index (χ3v) is 5.25. The molecule has 0 aromatic heterocycles. The van der Waals surface area contributed by atoms with E-state index >= 15 is 0 Å². The summed E-state index contributed by atoms with van der Waals surface area (Å²) in [6, 6.07) is 0. The Hall–Kier alpha value is -0.850. The van der Waals surface area contributed by atoms with E-state index in [0.717, 1.165) is 51.7 Å². The highest BCUT2D eigenvalue weighted by atomic mass is 16.6. The van der Waals surface area contributed by atoms with Crippen molar-refractivity contribution in [2.24, 2.45) is 5.92 Å². The van der Waals surface area contributed by atoms with E-state index in [1.807, 2.05) is 4.90 Å². The number of carbonyl (C=O) groups is 1. The molecule has 3 aliphatic heterocycles. The lowest BCUT2D eigenvalue weighted by atomic mass is 9.95. The number of amides is 1. The molecule has 0 aliphatic carbocycles. The zero-order valence-corrected chi connectivity index (χ0v) is 14.6. The fourth-order valence-electron chi connectivity index (χ4n) is 4.08. The molecular weight excluding hydrogens is 294 g/mol. The van der Waals surface area contributed by atoms with Crippen molar-refractivity contribution >= 4 is 6.09 Å². The molecule has 132 valence electrons. The van der Waals surface area contributed by atoms with Crippen LogP contribution in [0.1, 0.15) is 26.7 Å². The van der Waals surface area contributed by atoms with Crippen LogP contribution in [-0.2, 0) is 9.47 Å². The van der Waals surface area contributed by atoms with Gasteiger partial charge in [0.2, 0.25) is 0 Å². The molecule has 0 aromatic carbocycles. The second kappa shape index (κ2) is 7.81. The second-order valence-corrected chi connectivity index (χ2v) is 7.36. The largest absolute Gasteiger partial charge is 0.448 e. The number of cyclic esters (lactones) is 1. The van der Waals surface area contributed by atoms with Gasteiger partial charge in [0.1, 0.15) is 6.61 Å². The third kappa shape index (κ3) is 4.81. The Kier molecular flexibility index (Phi) is 5.77. The lowest BCUT2D eigenvalue weighted by molar-refractivity contribution is -0.0731. The summed E-state index contributed by atoms with van der Waals surface area (Å²) < 4.78 is 10.8. The molecule has 23 heavy (non-hydrogen) atoms. The van der Waals surface area contributed by atoms with Gasteiger partial charge < -0.3 is 19.3 Å². The predicted molar refractivity (Wildman–Crippen MR) is 88.5 cm³/mol. The maximum absolute atomic E-state index is 11.4. The second-order valence-electron chi connectivity index (χ2n) is 7.36. The van der Waals surface area contributed by atoms with Crippen LogP contribution < -0.4 is 0 Å². The van der Waals surface area contributed by atoms with Gasteiger partial charge in [-0.05, 0) is 45.7 Å². The smallest absolute Gasteiger partial charge is 0.409 e. The lowest BCUT2D eigenvalue weighted by Gasteiger charge is -2.39. The number of nitrogens with zero attached hydrogens (tertiary/aromatic N) is 3. The van der Waals surface area contributed by atoms with Crippen molar-refractivity contribution in [1.82, 2.24) is 14.7 Å². The Bertz CT molecular complexity index is 389. The molecule has 3 fully saturated rings. The fraction of sp³-hybridized carbons (Fsp3) is 0.941. The number of rotatable bonds is 5. The van der Waals surface area contributed by atoms with Crippen LogP contribution in [0.25, 0.3) is 0 Å². The average Bonchev–Trinajstić information content (AvgIpc) is 2.91. The van der Waals surface area contributed by atoms with Crippen molar-refractivity contribution in [2.45, 2.75) is 38.9 Å². The van der Waals surface area contributed by atoms with E-state index in [0.29, 0.717) is 18.8 Å². The summed E-state index contributed by atoms with van der Waals surface area (Å²) in [5, 5.41) is 0. The Morgan fingerprint density at radius 1 is 1.00 bits per heavy atom. The molecule has 1 amide bonds. The molecule has 3 aliphatic rings. The van der Waals surface area contributed by atoms with Gasteiger partial charge in [0.05, 0.1) is 18.8 Å². The first kappa shape index (κ1) is 17.0. The summed E-state index contributed by atoms with van der Waals surface area (Å²) in [4.78, 5) is 18.3. The Morgan fingerprint density at radius 2 is 1.70 bits per heavy atom. The summed E-state index contributed by atoms with van der Waals surface area (Å²) >= 11 is 0. The minimum Gasteiger partial charge on any atom is -0.448 e. The van der Waals surface area contributed by atoms with Crippen molar-refractivity contribution in [1.29, 1.82) is 0 Å². The van der Waals surface area contributed by atoms with Gasteiger partial charge in [-0.15, -0.1) is 0 Å². The van der Waals surface area contributed by atoms with Crippen LogP contribution in [0.4, 0.5) is 4.79 Å². The molecule has 6 nitrogen and oxygen atoms in total. The van der Waals surface area contributed by atoms with Crippen LogP contribution >= 0.6 is 0 Å². The molecule has 6 heteroatoms. The summed E-state index contributed by atoms with van der Waals surface area (Å²) in [6.45, 7) is 13.1. The topological polar surface area (TPSA) is 45.2 Å². The van der Waals surface area contributed by atoms with Crippen LogP contribution in [0.5, 0.6) is 0 Å². The van der Waals surface area contributed by atoms with E-state index in [9.17, 15) is 4.79 Å². The first-order valence-corrected chi connectivity index (χ1v) is 9.12. The fourth-order valence-corrected chi connectivity index (χ4v) is 4.08. The van der Waals surface area contributed by atoms with Gasteiger partial charge in [0.15, 0.2) is 0 Å². The van der Waals surface area contributed by atoms with Gasteiger partial charge in [-0.1, -0.05) is 0 Å². The molecule has 0 saturated carbocycles. The minimum absolute atomic E-state index is 0.143. The molecule has 0 aromatic rings. The van der Waals surface area contributed by atoms with Crippen LogP contribution in [0.2, 0.25) is 0 Å². The number of hydrogen-bond acceptors (Lipinski definition) is 5. The van der Waals surface area contributed by atoms with Gasteiger partial charge in [-0.3, -0.25) is 4.90 Å². The number of carbonyl (C=O) groups excluding carboxylic acids is 1. The number of morpholine rings is 1. The Labute approximate surface area is 139 Å². The zero-order chi connectivity index (χ0) is 16.2. The van der Waals surface area contributed by atoms with E-state index in [1.54, 1.807) is 0 Å². The third-order valence-electron chi connectivity index (χ3n) is 5.25. The van der Waals surface area contributed by atoms with Crippen molar-refractivity contribution < 1.29 is 14.3 Å². The highest BCUT2D eigenvalue weighted by molar-refractivity contribution is 5.69. The maximum Gasteiger partial charge on any atom is 0.409 e. The van der Waals surface area contributed by atoms with Gasteiger partial charge >= 0.3 is 6.09 Å². The molecule has 0 bridgehead atoms. The number of hydrogen-bond donors (Lipinski definition) is 0. The minimum atomic E-state index is -0.143. The monoisotopic (exact) mass is 325 g/mol. The molecule has 0 unspecified atom stereocenters. The average molecular weight is 325 g/mol. The van der Waals surface area contributed by atoms with E-state index in [1.165, 1.54) is 19.4 Å².